The first-order valence-corrected chi connectivity index (χ1v) is 3.90. The van der Waals surface area contributed by atoms with E-state index in [1.54, 1.807) is 11.8 Å². The topological polar surface area (TPSA) is 0 Å². The van der Waals surface area contributed by atoms with Crippen molar-refractivity contribution in [3.05, 3.63) is 29.6 Å². The summed E-state index contributed by atoms with van der Waals surface area (Å²) >= 11 is 1.80. The van der Waals surface area contributed by atoms with Crippen molar-refractivity contribution < 1.29 is 0 Å². The Labute approximate surface area is 54.7 Å². The molecule has 0 spiro atoms. The van der Waals surface area contributed by atoms with Gasteiger partial charge in [0.1, 0.15) is 0 Å². The molecule has 1 heteroatoms. The number of hydrogen-bond acceptors (Lipinski definition) is 1. The van der Waals surface area contributed by atoms with Crippen molar-refractivity contribution in [2.24, 2.45) is 0 Å². The van der Waals surface area contributed by atoms with Crippen LogP contribution in [0.25, 0.3) is 0 Å². The highest BCUT2D eigenvalue weighted by Gasteiger charge is 1.94. The number of allylic oxidation sites excluding steroid dienone is 4. The average molecular weight is 125 g/mol. The maximum atomic E-state index is 2.23. The van der Waals surface area contributed by atoms with E-state index in [0.717, 1.165) is 6.42 Å². The molecule has 0 fully saturated rings. The summed E-state index contributed by atoms with van der Waals surface area (Å²) in [6.45, 7) is 0. The number of rotatable bonds is 1. The lowest BCUT2D eigenvalue weighted by Gasteiger charge is -2.02. The second-order valence-electron chi connectivity index (χ2n) is 1.64. The van der Waals surface area contributed by atoms with Crippen LogP contribution < -0.4 is 0 Å². The average Bonchev–Trinajstić information content (AvgIpc) is 1.90. The molecule has 0 saturated carbocycles. The van der Waals surface area contributed by atoms with Gasteiger partial charge in [-0.2, -0.15) is 0 Å². The van der Waals surface area contributed by atoms with Crippen LogP contribution in [0.4, 0.5) is 0 Å². The van der Waals surface area contributed by atoms with Crippen molar-refractivity contribution in [2.45, 2.75) is 6.42 Å². The Morgan fingerprint density at radius 3 is 2.88 bits per heavy atom. The molecule has 0 aromatic heterocycles. The van der Waals surface area contributed by atoms with Crippen LogP contribution in [-0.2, 0) is 0 Å². The minimum absolute atomic E-state index is 1.10. The van der Waals surface area contributed by atoms with E-state index in [9.17, 15) is 0 Å². The fourth-order valence-corrected chi connectivity index (χ4v) is 1.12. The molecular weight excluding hydrogens is 116 g/mol. The van der Waals surface area contributed by atoms with E-state index in [4.69, 9.17) is 0 Å². The van der Waals surface area contributed by atoms with Crippen molar-refractivity contribution in [3.8, 4) is 0 Å². The highest BCUT2D eigenvalue weighted by atomic mass is 32.2. The maximum absolute atomic E-state index is 2.23. The van der Waals surface area contributed by atoms with Gasteiger partial charge in [0, 0.05) is 6.42 Å². The van der Waals surface area contributed by atoms with Crippen molar-refractivity contribution >= 4 is 11.8 Å². The van der Waals surface area contributed by atoms with Gasteiger partial charge in [-0.3, -0.25) is 0 Å². The van der Waals surface area contributed by atoms with Crippen LogP contribution in [0.1, 0.15) is 6.42 Å². The normalized spacial score (nSPS) is 18.4. The fraction of sp³-hybridized carbons (Fsp3) is 0.286. The third-order valence-corrected chi connectivity index (χ3v) is 1.86. The lowest BCUT2D eigenvalue weighted by Crippen LogP contribution is -1.80. The molecule has 8 heavy (non-hydrogen) atoms. The predicted molar refractivity (Wildman–Crippen MR) is 39.7 cm³/mol. The first-order valence-electron chi connectivity index (χ1n) is 2.67. The summed E-state index contributed by atoms with van der Waals surface area (Å²) in [6, 6.07) is 0. The Balaban J connectivity index is 2.50. The van der Waals surface area contributed by atoms with E-state index in [-0.39, 0.29) is 0 Å². The Hall–Kier alpha value is -0.170. The largest absolute Gasteiger partial charge is 0.134 e. The van der Waals surface area contributed by atoms with Gasteiger partial charge in [0.25, 0.3) is 0 Å². The summed E-state index contributed by atoms with van der Waals surface area (Å²) in [5, 5.41) is 0. The van der Waals surface area contributed by atoms with Crippen molar-refractivity contribution in [3.63, 3.8) is 0 Å². The molecule has 0 atom stereocenters. The standard InChI is InChI=1S/C7H9S/c1-8-7-5-3-2-4-6-7/h2-3,5-6H,4H2,1H3. The minimum atomic E-state index is 1.10. The molecule has 0 heterocycles. The van der Waals surface area contributed by atoms with Gasteiger partial charge in [-0.05, 0) is 17.6 Å². The van der Waals surface area contributed by atoms with Crippen molar-refractivity contribution in [1.82, 2.24) is 0 Å². The van der Waals surface area contributed by atoms with Gasteiger partial charge >= 0.3 is 0 Å². The lowest BCUT2D eigenvalue weighted by atomic mass is 10.2. The van der Waals surface area contributed by atoms with Gasteiger partial charge in [-0.1, -0.05) is 18.2 Å². The molecule has 0 aromatic carbocycles. The van der Waals surface area contributed by atoms with Gasteiger partial charge in [0.2, 0.25) is 0 Å². The minimum Gasteiger partial charge on any atom is -0.134 e. The van der Waals surface area contributed by atoms with E-state index < -0.39 is 0 Å². The molecule has 0 saturated heterocycles. The van der Waals surface area contributed by atoms with E-state index in [1.807, 2.05) is 0 Å². The maximum Gasteiger partial charge on any atom is 0.000945 e. The molecule has 0 bridgehead atoms. The summed E-state index contributed by atoms with van der Waals surface area (Å²) in [7, 11) is 0. The zero-order valence-corrected chi connectivity index (χ0v) is 5.74. The molecule has 1 rings (SSSR count). The zero-order chi connectivity index (χ0) is 5.82. The van der Waals surface area contributed by atoms with Crippen LogP contribution in [0.2, 0.25) is 0 Å². The van der Waals surface area contributed by atoms with Gasteiger partial charge in [0.15, 0.2) is 0 Å². The fourth-order valence-electron chi connectivity index (χ4n) is 0.645. The molecule has 0 aliphatic heterocycles. The van der Waals surface area contributed by atoms with E-state index in [1.165, 1.54) is 4.91 Å². The van der Waals surface area contributed by atoms with Crippen LogP contribution in [0.3, 0.4) is 0 Å². The zero-order valence-electron chi connectivity index (χ0n) is 4.92. The summed E-state index contributed by atoms with van der Waals surface area (Å²) in [5.41, 5.74) is 0. The van der Waals surface area contributed by atoms with E-state index in [2.05, 4.69) is 30.9 Å². The highest BCUT2D eigenvalue weighted by molar-refractivity contribution is 8.02. The molecule has 1 aliphatic carbocycles. The summed E-state index contributed by atoms with van der Waals surface area (Å²) < 4.78 is 0. The second kappa shape index (κ2) is 2.98. The first kappa shape index (κ1) is 5.96. The van der Waals surface area contributed by atoms with Crippen LogP contribution in [-0.4, -0.2) is 6.26 Å². The smallest absolute Gasteiger partial charge is 0.000945 e. The molecule has 0 amide bonds. The van der Waals surface area contributed by atoms with E-state index >= 15 is 0 Å². The van der Waals surface area contributed by atoms with Gasteiger partial charge in [0.05, 0.1) is 0 Å². The second-order valence-corrected chi connectivity index (χ2v) is 2.52. The monoisotopic (exact) mass is 125 g/mol. The molecule has 43 valence electrons. The molecule has 1 radical (unpaired) electrons. The van der Waals surface area contributed by atoms with Gasteiger partial charge in [-0.25, -0.2) is 0 Å². The molecular formula is C7H9S. The SMILES string of the molecule is CSC1=CC=CC[CH]1. The third-order valence-electron chi connectivity index (χ3n) is 1.09. The quantitative estimate of drug-likeness (QED) is 0.518. The number of thioether (sulfide) groups is 1. The van der Waals surface area contributed by atoms with Crippen LogP contribution in [0.5, 0.6) is 0 Å². The molecule has 1 aliphatic rings. The Morgan fingerprint density at radius 1 is 1.62 bits per heavy atom. The summed E-state index contributed by atoms with van der Waals surface area (Å²) in [4.78, 5) is 1.38. The molecule has 0 N–H and O–H groups in total. The van der Waals surface area contributed by atoms with Gasteiger partial charge in [-0.15, -0.1) is 11.8 Å². The van der Waals surface area contributed by atoms with Crippen molar-refractivity contribution in [2.75, 3.05) is 6.26 Å². The molecule has 0 nitrogen and oxygen atoms in total. The summed E-state index contributed by atoms with van der Waals surface area (Å²) in [5.74, 6) is 0. The van der Waals surface area contributed by atoms with Gasteiger partial charge < -0.3 is 0 Å². The number of hydrogen-bond donors (Lipinski definition) is 0. The highest BCUT2D eigenvalue weighted by Crippen LogP contribution is 2.19. The Bertz CT molecular complexity index is 122. The molecule has 0 unspecified atom stereocenters. The van der Waals surface area contributed by atoms with Crippen LogP contribution in [0.15, 0.2) is 23.1 Å². The predicted octanol–water partition coefficient (Wildman–Crippen LogP) is 2.40. The Kier molecular flexibility index (Phi) is 2.22. The van der Waals surface area contributed by atoms with E-state index in [0.29, 0.717) is 0 Å². The third kappa shape index (κ3) is 1.41. The van der Waals surface area contributed by atoms with Crippen molar-refractivity contribution in [1.29, 1.82) is 0 Å². The van der Waals surface area contributed by atoms with Crippen LogP contribution >= 0.6 is 11.8 Å². The Morgan fingerprint density at radius 2 is 2.50 bits per heavy atom. The lowest BCUT2D eigenvalue weighted by molar-refractivity contribution is 1.25. The molecule has 0 aromatic rings. The van der Waals surface area contributed by atoms with Crippen LogP contribution in [0, 0.1) is 6.42 Å². The first-order chi connectivity index (χ1) is 3.93. The summed E-state index contributed by atoms with van der Waals surface area (Å²) in [6.07, 6.45) is 11.8.